The van der Waals surface area contributed by atoms with Crippen molar-refractivity contribution in [3.63, 3.8) is 0 Å². The molecule has 26 heavy (non-hydrogen) atoms. The first-order valence-electron chi connectivity index (χ1n) is 9.83. The minimum absolute atomic E-state index is 0.115. The van der Waals surface area contributed by atoms with E-state index in [2.05, 4.69) is 27.3 Å². The van der Waals surface area contributed by atoms with Crippen LogP contribution in [0.25, 0.3) is 5.78 Å². The monoisotopic (exact) mass is 359 g/mol. The Morgan fingerprint density at radius 1 is 1.38 bits per heavy atom. The van der Waals surface area contributed by atoms with Gasteiger partial charge in [0.05, 0.1) is 19.1 Å². The summed E-state index contributed by atoms with van der Waals surface area (Å²) in [6.07, 6.45) is 7.78. The van der Waals surface area contributed by atoms with E-state index in [1.807, 2.05) is 13.8 Å². The van der Waals surface area contributed by atoms with Gasteiger partial charge in [0.25, 0.3) is 5.78 Å². The molecule has 7 heteroatoms. The number of nitrogens with one attached hydrogen (secondary N) is 2. The Morgan fingerprint density at radius 3 is 3.04 bits per heavy atom. The number of aromatic nitrogens is 4. The zero-order chi connectivity index (χ0) is 18.5. The third-order valence-corrected chi connectivity index (χ3v) is 5.67. The quantitative estimate of drug-likeness (QED) is 0.711. The van der Waals surface area contributed by atoms with Crippen LogP contribution in [-0.4, -0.2) is 51.2 Å². The van der Waals surface area contributed by atoms with E-state index < -0.39 is 0 Å². The van der Waals surface area contributed by atoms with Crippen molar-refractivity contribution >= 4 is 11.7 Å². The third kappa shape index (κ3) is 4.38. The second-order valence-corrected chi connectivity index (χ2v) is 7.49. The average Bonchev–Trinajstić information content (AvgIpc) is 3.08. The highest BCUT2D eigenvalue weighted by molar-refractivity contribution is 5.76. The van der Waals surface area contributed by atoms with Crippen molar-refractivity contribution in [3.8, 4) is 0 Å². The SMILES string of the molecule is Cc1nc2ncnn2c(C)c1CCC(=O)NCCC[NH+]1CCCC[C@@H]1C. The number of carbonyl (C=O) groups excluding carboxylic acids is 1. The summed E-state index contributed by atoms with van der Waals surface area (Å²) in [5.41, 5.74) is 3.03. The molecule has 2 aromatic rings. The Kier molecular flexibility index (Phi) is 6.19. The molecule has 2 N–H and O–H groups in total. The standard InChI is InChI=1S/C19H30N6O/c1-14-7-4-5-11-24(14)12-6-10-20-18(26)9-8-17-15(2)23-19-21-13-22-25(19)16(17)3/h13-14H,4-12H2,1-3H3,(H,20,26)/p+1/t14-/m0/s1. The van der Waals surface area contributed by atoms with Crippen LogP contribution in [0.3, 0.4) is 0 Å². The van der Waals surface area contributed by atoms with Crippen molar-refractivity contribution in [1.82, 2.24) is 24.9 Å². The maximum Gasteiger partial charge on any atom is 0.252 e. The molecule has 3 heterocycles. The number of rotatable bonds is 7. The van der Waals surface area contributed by atoms with E-state index in [9.17, 15) is 4.79 Å². The van der Waals surface area contributed by atoms with E-state index in [0.29, 0.717) is 18.6 Å². The number of hydrogen-bond acceptors (Lipinski definition) is 4. The molecule has 1 unspecified atom stereocenters. The van der Waals surface area contributed by atoms with Gasteiger partial charge in [-0.25, -0.2) is 9.50 Å². The van der Waals surface area contributed by atoms with Crippen molar-refractivity contribution in [1.29, 1.82) is 0 Å². The summed E-state index contributed by atoms with van der Waals surface area (Å²) in [4.78, 5) is 22.5. The van der Waals surface area contributed by atoms with Crippen molar-refractivity contribution in [2.75, 3.05) is 19.6 Å². The van der Waals surface area contributed by atoms with Crippen LogP contribution in [0.5, 0.6) is 0 Å². The van der Waals surface area contributed by atoms with Crippen LogP contribution in [0.15, 0.2) is 6.33 Å². The topological polar surface area (TPSA) is 76.6 Å². The number of quaternary nitrogens is 1. The van der Waals surface area contributed by atoms with Crippen LogP contribution in [0.2, 0.25) is 0 Å². The summed E-state index contributed by atoms with van der Waals surface area (Å²) in [5, 5.41) is 7.27. The van der Waals surface area contributed by atoms with Crippen LogP contribution < -0.4 is 10.2 Å². The van der Waals surface area contributed by atoms with Gasteiger partial charge < -0.3 is 10.2 Å². The van der Waals surface area contributed by atoms with Crippen molar-refractivity contribution < 1.29 is 9.69 Å². The van der Waals surface area contributed by atoms with Crippen molar-refractivity contribution in [2.24, 2.45) is 0 Å². The van der Waals surface area contributed by atoms with E-state index in [-0.39, 0.29) is 5.91 Å². The third-order valence-electron chi connectivity index (χ3n) is 5.67. The summed E-state index contributed by atoms with van der Waals surface area (Å²) >= 11 is 0. The van der Waals surface area contributed by atoms with Gasteiger partial charge in [-0.05, 0) is 52.0 Å². The minimum Gasteiger partial charge on any atom is -0.356 e. The first-order valence-corrected chi connectivity index (χ1v) is 9.83. The first kappa shape index (κ1) is 18.8. The van der Waals surface area contributed by atoms with Gasteiger partial charge >= 0.3 is 0 Å². The van der Waals surface area contributed by atoms with E-state index in [1.54, 1.807) is 9.42 Å². The number of aryl methyl sites for hydroxylation is 2. The van der Waals surface area contributed by atoms with Crippen LogP contribution in [0.1, 0.15) is 56.0 Å². The average molecular weight is 359 g/mol. The molecule has 1 aliphatic rings. The fourth-order valence-corrected chi connectivity index (χ4v) is 4.01. The molecular weight excluding hydrogens is 328 g/mol. The lowest BCUT2D eigenvalue weighted by Gasteiger charge is -2.30. The highest BCUT2D eigenvalue weighted by Gasteiger charge is 2.21. The summed E-state index contributed by atoms with van der Waals surface area (Å²) < 4.78 is 1.74. The van der Waals surface area contributed by atoms with Gasteiger partial charge in [-0.2, -0.15) is 10.1 Å². The molecule has 0 saturated carbocycles. The summed E-state index contributed by atoms with van der Waals surface area (Å²) in [6.45, 7) is 9.53. The molecule has 1 saturated heterocycles. The lowest BCUT2D eigenvalue weighted by atomic mass is 10.0. The van der Waals surface area contributed by atoms with Gasteiger partial charge in [0.1, 0.15) is 6.33 Å². The second kappa shape index (κ2) is 8.58. The van der Waals surface area contributed by atoms with E-state index in [0.717, 1.165) is 42.5 Å². The Labute approximate surface area is 155 Å². The Hall–Kier alpha value is -2.02. The molecule has 0 spiro atoms. The summed E-state index contributed by atoms with van der Waals surface area (Å²) in [6, 6.07) is 0.768. The van der Waals surface area contributed by atoms with Gasteiger partial charge in [0, 0.05) is 30.8 Å². The van der Waals surface area contributed by atoms with Gasteiger partial charge in [0.15, 0.2) is 0 Å². The predicted octanol–water partition coefficient (Wildman–Crippen LogP) is 0.637. The lowest BCUT2D eigenvalue weighted by molar-refractivity contribution is -0.928. The molecule has 0 aliphatic carbocycles. The molecule has 1 amide bonds. The maximum absolute atomic E-state index is 12.2. The highest BCUT2D eigenvalue weighted by Crippen LogP contribution is 2.14. The molecule has 0 radical (unpaired) electrons. The smallest absolute Gasteiger partial charge is 0.252 e. The molecule has 7 nitrogen and oxygen atoms in total. The molecule has 3 rings (SSSR count). The van der Waals surface area contributed by atoms with Crippen LogP contribution in [0.4, 0.5) is 0 Å². The molecule has 0 aromatic carbocycles. The second-order valence-electron chi connectivity index (χ2n) is 7.49. The van der Waals surface area contributed by atoms with Crippen molar-refractivity contribution in [3.05, 3.63) is 23.3 Å². The van der Waals surface area contributed by atoms with E-state index >= 15 is 0 Å². The fraction of sp³-hybridized carbons (Fsp3) is 0.684. The molecule has 1 aliphatic heterocycles. The van der Waals surface area contributed by atoms with Gasteiger partial charge in [-0.1, -0.05) is 0 Å². The molecule has 142 valence electrons. The van der Waals surface area contributed by atoms with E-state index in [4.69, 9.17) is 0 Å². The van der Waals surface area contributed by atoms with Gasteiger partial charge in [-0.15, -0.1) is 0 Å². The van der Waals surface area contributed by atoms with E-state index in [1.165, 1.54) is 32.1 Å². The highest BCUT2D eigenvalue weighted by atomic mass is 16.1. The zero-order valence-electron chi connectivity index (χ0n) is 16.2. The number of likely N-dealkylation sites (tertiary alicyclic amines) is 1. The van der Waals surface area contributed by atoms with Gasteiger partial charge in [0.2, 0.25) is 5.91 Å². The summed E-state index contributed by atoms with van der Waals surface area (Å²) in [7, 11) is 0. The predicted molar refractivity (Wildman–Crippen MR) is 100 cm³/mol. The number of hydrogen-bond donors (Lipinski definition) is 2. The zero-order valence-corrected chi connectivity index (χ0v) is 16.2. The normalized spacial score (nSPS) is 20.4. The minimum atomic E-state index is 0.115. The molecular formula is C19H31N6O+. The number of fused-ring (bicyclic) bond motifs is 1. The lowest BCUT2D eigenvalue weighted by Crippen LogP contribution is -3.16. The Bertz CT molecular complexity index is 756. The summed E-state index contributed by atoms with van der Waals surface area (Å²) in [5.74, 6) is 0.729. The maximum atomic E-state index is 12.2. The number of piperidine rings is 1. The Balaban J connectivity index is 1.43. The molecule has 2 atom stereocenters. The first-order chi connectivity index (χ1) is 12.6. The Morgan fingerprint density at radius 2 is 2.23 bits per heavy atom. The van der Waals surface area contributed by atoms with Crippen LogP contribution in [0, 0.1) is 13.8 Å². The number of carbonyl (C=O) groups is 1. The van der Waals surface area contributed by atoms with Gasteiger partial charge in [-0.3, -0.25) is 4.79 Å². The number of amides is 1. The molecule has 2 aromatic heterocycles. The van der Waals surface area contributed by atoms with Crippen LogP contribution in [-0.2, 0) is 11.2 Å². The largest absolute Gasteiger partial charge is 0.356 e. The molecule has 0 bridgehead atoms. The fourth-order valence-electron chi connectivity index (χ4n) is 4.01. The number of nitrogens with zero attached hydrogens (tertiary/aromatic N) is 4. The van der Waals surface area contributed by atoms with Crippen molar-refractivity contribution in [2.45, 2.75) is 65.3 Å². The van der Waals surface area contributed by atoms with Crippen LogP contribution >= 0.6 is 0 Å². The molecule has 1 fully saturated rings.